The summed E-state index contributed by atoms with van der Waals surface area (Å²) in [7, 11) is 0. The van der Waals surface area contributed by atoms with Crippen LogP contribution in [0.15, 0.2) is 55.0 Å². The number of benzene rings is 1. The van der Waals surface area contributed by atoms with Crippen LogP contribution in [-0.4, -0.2) is 30.7 Å². The van der Waals surface area contributed by atoms with Gasteiger partial charge < -0.3 is 5.32 Å². The number of hydrogen-bond acceptors (Lipinski definition) is 4. The fourth-order valence-corrected chi connectivity index (χ4v) is 2.58. The highest BCUT2D eigenvalue weighted by molar-refractivity contribution is 5.93. The number of carbonyl (C=O) groups excluding carboxylic acids is 1. The number of hydrogen-bond donors (Lipinski definition) is 2. The Kier molecular flexibility index (Phi) is 3.74. The maximum Gasteiger partial charge on any atom is 0.269 e. The van der Waals surface area contributed by atoms with Gasteiger partial charge in [-0.3, -0.25) is 9.89 Å². The molecule has 0 unspecified atom stereocenters. The van der Waals surface area contributed by atoms with Gasteiger partial charge in [0.15, 0.2) is 5.65 Å². The summed E-state index contributed by atoms with van der Waals surface area (Å²) in [4.78, 5) is 16.6. The molecule has 0 bridgehead atoms. The number of nitrogens with zero attached hydrogens (tertiary/aromatic N) is 4. The van der Waals surface area contributed by atoms with Crippen LogP contribution in [0.25, 0.3) is 16.9 Å². The van der Waals surface area contributed by atoms with Crippen LogP contribution in [0.4, 0.5) is 0 Å². The smallest absolute Gasteiger partial charge is 0.269 e. The number of H-pyrrole nitrogens is 1. The summed E-state index contributed by atoms with van der Waals surface area (Å²) in [6.45, 7) is 2.38. The van der Waals surface area contributed by atoms with Crippen molar-refractivity contribution in [2.45, 2.75) is 13.5 Å². The van der Waals surface area contributed by atoms with Crippen molar-refractivity contribution < 1.29 is 4.79 Å². The van der Waals surface area contributed by atoms with Crippen LogP contribution in [0.3, 0.4) is 0 Å². The summed E-state index contributed by atoms with van der Waals surface area (Å²) >= 11 is 0. The fraction of sp³-hybridized carbons (Fsp3) is 0.111. The molecule has 0 atom stereocenters. The van der Waals surface area contributed by atoms with Gasteiger partial charge in [0.1, 0.15) is 5.69 Å². The topological polar surface area (TPSA) is 88.0 Å². The monoisotopic (exact) mass is 332 g/mol. The second kappa shape index (κ2) is 6.20. The maximum atomic E-state index is 12.3. The van der Waals surface area contributed by atoms with Crippen LogP contribution >= 0.6 is 0 Å². The van der Waals surface area contributed by atoms with E-state index in [1.54, 1.807) is 29.0 Å². The molecule has 0 aliphatic carbocycles. The predicted molar refractivity (Wildman–Crippen MR) is 92.9 cm³/mol. The summed E-state index contributed by atoms with van der Waals surface area (Å²) < 4.78 is 1.67. The molecule has 0 fully saturated rings. The number of nitrogens with one attached hydrogen (secondary N) is 2. The minimum atomic E-state index is -0.221. The molecule has 0 radical (unpaired) electrons. The first-order valence-corrected chi connectivity index (χ1v) is 7.88. The third-order valence-electron chi connectivity index (χ3n) is 3.96. The molecule has 2 N–H and O–H groups in total. The van der Waals surface area contributed by atoms with Crippen LogP contribution in [0.2, 0.25) is 0 Å². The number of aromatic nitrogens is 5. The van der Waals surface area contributed by atoms with E-state index in [4.69, 9.17) is 0 Å². The predicted octanol–water partition coefficient (Wildman–Crippen LogP) is 2.36. The molecule has 0 spiro atoms. The Balaban J connectivity index is 1.47. The summed E-state index contributed by atoms with van der Waals surface area (Å²) in [5, 5.41) is 14.1. The van der Waals surface area contributed by atoms with Gasteiger partial charge in [-0.05, 0) is 19.1 Å². The second-order valence-electron chi connectivity index (χ2n) is 5.77. The lowest BCUT2D eigenvalue weighted by molar-refractivity contribution is 0.0946. The molecule has 3 heterocycles. The van der Waals surface area contributed by atoms with E-state index in [1.165, 1.54) is 5.56 Å². The van der Waals surface area contributed by atoms with Gasteiger partial charge in [0.2, 0.25) is 0 Å². The van der Waals surface area contributed by atoms with Crippen LogP contribution in [0, 0.1) is 6.92 Å². The Labute approximate surface area is 143 Å². The van der Waals surface area contributed by atoms with Crippen molar-refractivity contribution in [1.29, 1.82) is 0 Å². The van der Waals surface area contributed by atoms with E-state index >= 15 is 0 Å². The normalized spacial score (nSPS) is 10.9. The SMILES string of the molecule is Cc1ccc(-c2cc(C(=O)NCc3cnn4cccnc34)[nH]n2)cc1. The highest BCUT2D eigenvalue weighted by Crippen LogP contribution is 2.18. The van der Waals surface area contributed by atoms with Crippen molar-refractivity contribution in [1.82, 2.24) is 30.1 Å². The van der Waals surface area contributed by atoms with E-state index in [0.29, 0.717) is 12.2 Å². The average molecular weight is 332 g/mol. The standard InChI is InChI=1S/C18H16N6O/c1-12-3-5-13(6-4-12)15-9-16(23-22-15)18(25)20-10-14-11-21-24-8-2-7-19-17(14)24/h2-9,11H,10H2,1H3,(H,20,25)(H,22,23). The molecule has 124 valence electrons. The van der Waals surface area contributed by atoms with Gasteiger partial charge in [0.05, 0.1) is 11.9 Å². The molecule has 1 amide bonds. The number of amides is 1. The Hall–Kier alpha value is -3.48. The maximum absolute atomic E-state index is 12.3. The van der Waals surface area contributed by atoms with Crippen molar-refractivity contribution in [3.8, 4) is 11.3 Å². The third-order valence-corrected chi connectivity index (χ3v) is 3.96. The molecule has 0 saturated heterocycles. The van der Waals surface area contributed by atoms with E-state index in [2.05, 4.69) is 25.6 Å². The number of aromatic amines is 1. The molecule has 1 aromatic carbocycles. The lowest BCUT2D eigenvalue weighted by Gasteiger charge is -2.01. The van der Waals surface area contributed by atoms with Gasteiger partial charge in [-0.1, -0.05) is 29.8 Å². The average Bonchev–Trinajstić information content (AvgIpc) is 3.28. The van der Waals surface area contributed by atoms with Crippen molar-refractivity contribution in [2.75, 3.05) is 0 Å². The minimum Gasteiger partial charge on any atom is -0.346 e. The molecule has 0 aliphatic heterocycles. The molecule has 4 aromatic rings. The molecule has 0 aliphatic rings. The lowest BCUT2D eigenvalue weighted by atomic mass is 10.1. The largest absolute Gasteiger partial charge is 0.346 e. The van der Waals surface area contributed by atoms with Crippen LogP contribution in [0.1, 0.15) is 21.6 Å². The quantitative estimate of drug-likeness (QED) is 0.600. The Bertz CT molecular complexity index is 1030. The summed E-state index contributed by atoms with van der Waals surface area (Å²) in [6.07, 6.45) is 5.22. The first kappa shape index (κ1) is 15.1. The van der Waals surface area contributed by atoms with Crippen molar-refractivity contribution >= 4 is 11.6 Å². The molecule has 0 saturated carbocycles. The van der Waals surface area contributed by atoms with E-state index in [-0.39, 0.29) is 5.91 Å². The first-order valence-electron chi connectivity index (χ1n) is 7.88. The van der Waals surface area contributed by atoms with E-state index in [1.807, 2.05) is 37.4 Å². The first-order chi connectivity index (χ1) is 12.2. The number of rotatable bonds is 4. The molecule has 4 rings (SSSR count). The summed E-state index contributed by atoms with van der Waals surface area (Å²) in [6, 6.07) is 11.5. The molecular weight excluding hydrogens is 316 g/mol. The highest BCUT2D eigenvalue weighted by atomic mass is 16.1. The van der Waals surface area contributed by atoms with Gasteiger partial charge in [-0.25, -0.2) is 9.50 Å². The Morgan fingerprint density at radius 3 is 2.96 bits per heavy atom. The third kappa shape index (κ3) is 2.99. The highest BCUT2D eigenvalue weighted by Gasteiger charge is 2.12. The van der Waals surface area contributed by atoms with E-state index in [9.17, 15) is 4.79 Å². The number of carbonyl (C=O) groups is 1. The number of fused-ring (bicyclic) bond motifs is 1. The molecule has 3 aromatic heterocycles. The van der Waals surface area contributed by atoms with Gasteiger partial charge in [0.25, 0.3) is 5.91 Å². The van der Waals surface area contributed by atoms with Crippen LogP contribution in [-0.2, 0) is 6.54 Å². The lowest BCUT2D eigenvalue weighted by Crippen LogP contribution is -2.23. The summed E-state index contributed by atoms with van der Waals surface area (Å²) in [5.74, 6) is -0.221. The number of aryl methyl sites for hydroxylation is 1. The van der Waals surface area contributed by atoms with Crippen LogP contribution in [0.5, 0.6) is 0 Å². The van der Waals surface area contributed by atoms with Crippen LogP contribution < -0.4 is 5.32 Å². The van der Waals surface area contributed by atoms with E-state index < -0.39 is 0 Å². The molecule has 7 nitrogen and oxygen atoms in total. The molecule has 7 heteroatoms. The minimum absolute atomic E-state index is 0.221. The zero-order valence-electron chi connectivity index (χ0n) is 13.6. The van der Waals surface area contributed by atoms with Crippen molar-refractivity contribution in [2.24, 2.45) is 0 Å². The Morgan fingerprint density at radius 1 is 1.28 bits per heavy atom. The summed E-state index contributed by atoms with van der Waals surface area (Å²) in [5.41, 5.74) is 4.88. The van der Waals surface area contributed by atoms with Gasteiger partial charge in [0, 0.05) is 30.1 Å². The van der Waals surface area contributed by atoms with Gasteiger partial charge in [-0.15, -0.1) is 0 Å². The molecule has 25 heavy (non-hydrogen) atoms. The van der Waals surface area contributed by atoms with Gasteiger partial charge >= 0.3 is 0 Å². The fourth-order valence-electron chi connectivity index (χ4n) is 2.58. The van der Waals surface area contributed by atoms with E-state index in [0.717, 1.165) is 22.5 Å². The van der Waals surface area contributed by atoms with Crippen molar-refractivity contribution in [3.63, 3.8) is 0 Å². The van der Waals surface area contributed by atoms with Crippen molar-refractivity contribution in [3.05, 3.63) is 71.8 Å². The zero-order valence-corrected chi connectivity index (χ0v) is 13.6. The Morgan fingerprint density at radius 2 is 2.12 bits per heavy atom. The van der Waals surface area contributed by atoms with Gasteiger partial charge in [-0.2, -0.15) is 10.2 Å². The zero-order chi connectivity index (χ0) is 17.2. The molecular formula is C18H16N6O. The second-order valence-corrected chi connectivity index (χ2v) is 5.77.